The molecule has 0 aliphatic heterocycles. The van der Waals surface area contributed by atoms with E-state index in [1.165, 1.54) is 17.7 Å². The van der Waals surface area contributed by atoms with Gasteiger partial charge in [-0.1, -0.05) is 26.3 Å². The van der Waals surface area contributed by atoms with Crippen LogP contribution < -0.4 is 0 Å². The van der Waals surface area contributed by atoms with Gasteiger partial charge in [0.05, 0.1) is 0 Å². The van der Waals surface area contributed by atoms with Crippen molar-refractivity contribution in [2.24, 2.45) is 0 Å². The van der Waals surface area contributed by atoms with Crippen LogP contribution in [0.15, 0.2) is 10.5 Å². The quantitative estimate of drug-likeness (QED) is 0.585. The van der Waals surface area contributed by atoms with Gasteiger partial charge in [0, 0.05) is 0 Å². The molecule has 0 atom stereocenters. The molecule has 0 aromatic carbocycles. The van der Waals surface area contributed by atoms with Crippen molar-refractivity contribution in [1.82, 2.24) is 0 Å². The Morgan fingerprint density at radius 2 is 1.60 bits per heavy atom. The van der Waals surface area contributed by atoms with Gasteiger partial charge in [0.1, 0.15) is 9.39 Å². The minimum absolute atomic E-state index is 1.16. The van der Waals surface area contributed by atoms with E-state index in [2.05, 4.69) is 30.2 Å². The lowest BCUT2D eigenvalue weighted by Crippen LogP contribution is -1.84. The van der Waals surface area contributed by atoms with Crippen LogP contribution in [0.3, 0.4) is 0 Å². The molecule has 0 heterocycles. The van der Waals surface area contributed by atoms with Crippen LogP contribution in [0.5, 0.6) is 0 Å². The standard InChI is InChI=1S/C8H15SSi/c1-4-7(5-2)8(6-3)9-10/h4-6H2,1-3H3. The summed E-state index contributed by atoms with van der Waals surface area (Å²) in [6.07, 6.45) is 3.54. The molecule has 0 aromatic rings. The second-order valence-corrected chi connectivity index (χ2v) is 3.50. The van der Waals surface area contributed by atoms with Gasteiger partial charge in [-0.05, 0) is 24.2 Å². The van der Waals surface area contributed by atoms with Crippen LogP contribution in [0.25, 0.3) is 0 Å². The monoisotopic (exact) mass is 171 g/mol. The molecular weight excluding hydrogens is 156 g/mol. The van der Waals surface area contributed by atoms with Gasteiger partial charge in [0.25, 0.3) is 0 Å². The first kappa shape index (κ1) is 10.3. The normalized spacial score (nSPS) is 9.60. The molecule has 10 heavy (non-hydrogen) atoms. The zero-order valence-electron chi connectivity index (χ0n) is 7.03. The van der Waals surface area contributed by atoms with Crippen molar-refractivity contribution in [3.63, 3.8) is 0 Å². The second kappa shape index (κ2) is 6.05. The van der Waals surface area contributed by atoms with E-state index in [1.54, 1.807) is 16.8 Å². The lowest BCUT2D eigenvalue weighted by molar-refractivity contribution is 0.947. The molecule has 0 amide bonds. The van der Waals surface area contributed by atoms with Crippen molar-refractivity contribution >= 4 is 20.6 Å². The summed E-state index contributed by atoms with van der Waals surface area (Å²) in [6.45, 7) is 6.64. The molecule has 0 bridgehead atoms. The minimum atomic E-state index is 1.16. The molecule has 0 unspecified atom stereocenters. The highest BCUT2D eigenvalue weighted by Gasteiger charge is 1.98. The Morgan fingerprint density at radius 1 is 1.10 bits per heavy atom. The smallest absolute Gasteiger partial charge is 0.127 e. The lowest BCUT2D eigenvalue weighted by atomic mass is 10.1. The minimum Gasteiger partial charge on any atom is -0.163 e. The van der Waals surface area contributed by atoms with Crippen LogP contribution in [0.1, 0.15) is 40.0 Å². The summed E-state index contributed by atoms with van der Waals surface area (Å²) < 4.78 is 0. The van der Waals surface area contributed by atoms with Gasteiger partial charge in [0.15, 0.2) is 0 Å². The van der Waals surface area contributed by atoms with Gasteiger partial charge in [-0.2, -0.15) is 11.2 Å². The lowest BCUT2D eigenvalue weighted by Gasteiger charge is -2.07. The average molecular weight is 171 g/mol. The topological polar surface area (TPSA) is 0 Å². The van der Waals surface area contributed by atoms with Crippen molar-refractivity contribution in [3.8, 4) is 0 Å². The zero-order chi connectivity index (χ0) is 7.98. The highest BCUT2D eigenvalue weighted by molar-refractivity contribution is 8.22. The van der Waals surface area contributed by atoms with Crippen LogP contribution in [-0.2, 0) is 0 Å². The first-order valence-corrected chi connectivity index (χ1v) is 5.88. The third-order valence-corrected chi connectivity index (χ3v) is 3.26. The molecule has 0 fully saturated rings. The largest absolute Gasteiger partial charge is 0.163 e. The molecule has 57 valence electrons. The molecule has 2 heteroatoms. The van der Waals surface area contributed by atoms with E-state index in [0.717, 1.165) is 6.42 Å². The van der Waals surface area contributed by atoms with Crippen molar-refractivity contribution in [2.75, 3.05) is 0 Å². The van der Waals surface area contributed by atoms with Gasteiger partial charge in [0.2, 0.25) is 0 Å². The zero-order valence-corrected chi connectivity index (χ0v) is 8.85. The summed E-state index contributed by atoms with van der Waals surface area (Å²) in [5, 5.41) is 0. The Morgan fingerprint density at radius 3 is 1.70 bits per heavy atom. The summed E-state index contributed by atoms with van der Waals surface area (Å²) in [6, 6.07) is 0. The molecule has 0 aromatic heterocycles. The molecule has 0 aliphatic carbocycles. The predicted octanol–water partition coefficient (Wildman–Crippen LogP) is 3.29. The maximum absolute atomic E-state index is 3.46. The van der Waals surface area contributed by atoms with E-state index < -0.39 is 0 Å². The maximum atomic E-state index is 3.46. The maximum Gasteiger partial charge on any atom is 0.127 e. The number of allylic oxidation sites excluding steroid dienone is 2. The number of hydrogen-bond acceptors (Lipinski definition) is 1. The van der Waals surface area contributed by atoms with Crippen molar-refractivity contribution in [3.05, 3.63) is 10.5 Å². The SMILES string of the molecule is CCC(CC)=C(CC)S[Si]. The van der Waals surface area contributed by atoms with Gasteiger partial charge >= 0.3 is 0 Å². The fourth-order valence-corrected chi connectivity index (χ4v) is 2.48. The summed E-state index contributed by atoms with van der Waals surface area (Å²) in [5.41, 5.74) is 1.59. The highest BCUT2D eigenvalue weighted by atomic mass is 32.4. The Kier molecular flexibility index (Phi) is 6.23. The van der Waals surface area contributed by atoms with E-state index >= 15 is 0 Å². The molecule has 0 nitrogen and oxygen atoms in total. The third kappa shape index (κ3) is 2.93. The molecule has 3 radical (unpaired) electrons. The van der Waals surface area contributed by atoms with Crippen molar-refractivity contribution in [1.29, 1.82) is 0 Å². The molecule has 0 rings (SSSR count). The van der Waals surface area contributed by atoms with Gasteiger partial charge in [-0.15, -0.1) is 0 Å². The number of rotatable bonds is 4. The van der Waals surface area contributed by atoms with Crippen LogP contribution in [-0.4, -0.2) is 9.39 Å². The molecule has 0 N–H and O–H groups in total. The summed E-state index contributed by atoms with van der Waals surface area (Å²) in [7, 11) is 3.46. The second-order valence-electron chi connectivity index (χ2n) is 2.19. The van der Waals surface area contributed by atoms with E-state index in [0.29, 0.717) is 0 Å². The van der Waals surface area contributed by atoms with Crippen LogP contribution in [0.4, 0.5) is 0 Å². The Bertz CT molecular complexity index is 92.4. The van der Waals surface area contributed by atoms with Crippen molar-refractivity contribution in [2.45, 2.75) is 40.0 Å². The van der Waals surface area contributed by atoms with E-state index in [1.807, 2.05) is 0 Å². The van der Waals surface area contributed by atoms with Gasteiger partial charge in [-0.3, -0.25) is 0 Å². The van der Waals surface area contributed by atoms with Crippen LogP contribution in [0.2, 0.25) is 0 Å². The molecule has 0 saturated heterocycles. The molecule has 0 spiro atoms. The third-order valence-electron chi connectivity index (χ3n) is 1.69. The Balaban J connectivity index is 4.20. The fourth-order valence-electron chi connectivity index (χ4n) is 1.04. The average Bonchev–Trinajstić information content (AvgIpc) is 2.00. The van der Waals surface area contributed by atoms with E-state index in [9.17, 15) is 0 Å². The predicted molar refractivity (Wildman–Crippen MR) is 51.2 cm³/mol. The molecular formula is C8H15SSi. The van der Waals surface area contributed by atoms with Crippen LogP contribution >= 0.6 is 11.2 Å². The van der Waals surface area contributed by atoms with Gasteiger partial charge < -0.3 is 0 Å². The highest BCUT2D eigenvalue weighted by Crippen LogP contribution is 2.23. The first-order chi connectivity index (χ1) is 4.79. The fraction of sp³-hybridized carbons (Fsp3) is 0.750. The molecule has 0 aliphatic rings. The summed E-state index contributed by atoms with van der Waals surface area (Å²) in [5.74, 6) is 0. The van der Waals surface area contributed by atoms with Gasteiger partial charge in [-0.25, -0.2) is 0 Å². The van der Waals surface area contributed by atoms with E-state index in [-0.39, 0.29) is 0 Å². The number of hydrogen-bond donors (Lipinski definition) is 0. The van der Waals surface area contributed by atoms with Crippen LogP contribution in [0, 0.1) is 0 Å². The van der Waals surface area contributed by atoms with Crippen molar-refractivity contribution < 1.29 is 0 Å². The molecule has 0 saturated carbocycles. The van der Waals surface area contributed by atoms with E-state index in [4.69, 9.17) is 0 Å². The summed E-state index contributed by atoms with van der Waals surface area (Å²) in [4.78, 5) is 1.50. The Labute approximate surface area is 71.5 Å². The summed E-state index contributed by atoms with van der Waals surface area (Å²) >= 11 is 1.71. The first-order valence-electron chi connectivity index (χ1n) is 3.84. The Hall–Kier alpha value is 0.307.